The molecule has 1 fully saturated rings. The third-order valence-corrected chi connectivity index (χ3v) is 8.75. The maximum absolute atomic E-state index is 12.9. The van der Waals surface area contributed by atoms with Gasteiger partial charge in [0.25, 0.3) is 0 Å². The van der Waals surface area contributed by atoms with Gasteiger partial charge in [0, 0.05) is 30.8 Å². The van der Waals surface area contributed by atoms with E-state index >= 15 is 0 Å². The highest BCUT2D eigenvalue weighted by atomic mass is 32.2. The van der Waals surface area contributed by atoms with Gasteiger partial charge in [0.2, 0.25) is 21.8 Å². The van der Waals surface area contributed by atoms with Crippen molar-refractivity contribution in [2.75, 3.05) is 31.8 Å². The molecule has 0 unspecified atom stereocenters. The van der Waals surface area contributed by atoms with E-state index in [1.54, 1.807) is 31.4 Å². The Hall–Kier alpha value is -3.29. The molecule has 35 heavy (non-hydrogen) atoms. The molecule has 1 aliphatic rings. The highest BCUT2D eigenvalue weighted by molar-refractivity contribution is 7.90. The third-order valence-electron chi connectivity index (χ3n) is 5.71. The molecule has 1 amide bonds. The van der Waals surface area contributed by atoms with Crippen molar-refractivity contribution in [3.05, 3.63) is 48.5 Å². The van der Waals surface area contributed by atoms with E-state index in [4.69, 9.17) is 9.15 Å². The molecule has 4 rings (SSSR count). The fraction of sp³-hybridized carbons (Fsp3) is 0.318. The fourth-order valence-corrected chi connectivity index (χ4v) is 5.80. The first-order chi connectivity index (χ1) is 16.6. The smallest absolute Gasteiger partial charge is 0.322 e. The number of hydrogen-bond acceptors (Lipinski definition) is 9. The molecule has 0 atom stereocenters. The van der Waals surface area contributed by atoms with Crippen LogP contribution in [0.2, 0.25) is 0 Å². The zero-order chi connectivity index (χ0) is 25.2. The second-order valence-corrected chi connectivity index (χ2v) is 12.0. The molecule has 0 bridgehead atoms. The maximum atomic E-state index is 12.9. The molecule has 0 saturated carbocycles. The van der Waals surface area contributed by atoms with Crippen molar-refractivity contribution in [1.29, 1.82) is 0 Å². The summed E-state index contributed by atoms with van der Waals surface area (Å²) in [4.78, 5) is 12.7. The summed E-state index contributed by atoms with van der Waals surface area (Å²) in [6.07, 6.45) is 1.68. The number of ether oxygens (including phenoxy) is 1. The number of amides is 1. The van der Waals surface area contributed by atoms with Gasteiger partial charge in [0.15, 0.2) is 9.84 Å². The molecule has 1 aromatic heterocycles. The van der Waals surface area contributed by atoms with E-state index in [0.29, 0.717) is 24.2 Å². The van der Waals surface area contributed by atoms with Crippen LogP contribution in [0, 0.1) is 5.92 Å². The summed E-state index contributed by atoms with van der Waals surface area (Å²) >= 11 is 0. The molecule has 1 saturated heterocycles. The highest BCUT2D eigenvalue weighted by Gasteiger charge is 2.32. The van der Waals surface area contributed by atoms with Crippen LogP contribution in [0.15, 0.2) is 62.7 Å². The first-order valence-electron chi connectivity index (χ1n) is 10.7. The van der Waals surface area contributed by atoms with E-state index < -0.39 is 25.8 Å². The normalized spacial score (nSPS) is 15.6. The second-order valence-electron chi connectivity index (χ2n) is 8.05. The fourth-order valence-electron chi connectivity index (χ4n) is 3.70. The number of hydrogen-bond donors (Lipinski definition) is 1. The number of carbonyl (C=O) groups excluding carboxylic acids is 1. The van der Waals surface area contributed by atoms with Crippen LogP contribution < -0.4 is 10.1 Å². The summed E-state index contributed by atoms with van der Waals surface area (Å²) in [5.41, 5.74) is 0.668. The number of rotatable bonds is 7. The monoisotopic (exact) mass is 520 g/mol. The molecule has 11 nitrogen and oxygen atoms in total. The van der Waals surface area contributed by atoms with Gasteiger partial charge in [0.05, 0.1) is 16.9 Å². The van der Waals surface area contributed by atoms with Gasteiger partial charge in [-0.1, -0.05) is 5.10 Å². The number of sulfonamides is 1. The number of nitrogens with one attached hydrogen (secondary N) is 1. The molecule has 13 heteroatoms. The van der Waals surface area contributed by atoms with Gasteiger partial charge in [-0.2, -0.15) is 4.31 Å². The first kappa shape index (κ1) is 24.8. The molecule has 0 spiro atoms. The lowest BCUT2D eigenvalue weighted by Gasteiger charge is -2.30. The molecular formula is C22H24N4O7S2. The summed E-state index contributed by atoms with van der Waals surface area (Å²) in [6, 6.07) is 12.1. The van der Waals surface area contributed by atoms with Crippen molar-refractivity contribution in [2.24, 2.45) is 5.92 Å². The molecular weight excluding hydrogens is 496 g/mol. The Morgan fingerprint density at radius 2 is 1.57 bits per heavy atom. The van der Waals surface area contributed by atoms with Crippen molar-refractivity contribution >= 4 is 31.8 Å². The zero-order valence-electron chi connectivity index (χ0n) is 19.0. The minimum Gasteiger partial charge on any atom is -0.497 e. The molecule has 186 valence electrons. The molecule has 1 aliphatic heterocycles. The summed E-state index contributed by atoms with van der Waals surface area (Å²) in [5.74, 6) is 0.168. The summed E-state index contributed by atoms with van der Waals surface area (Å²) in [6.45, 7) is 0.296. The molecule has 0 aliphatic carbocycles. The van der Waals surface area contributed by atoms with Crippen molar-refractivity contribution in [3.8, 4) is 17.2 Å². The van der Waals surface area contributed by atoms with Gasteiger partial charge < -0.3 is 9.15 Å². The molecule has 1 N–H and O–H groups in total. The van der Waals surface area contributed by atoms with Crippen molar-refractivity contribution in [1.82, 2.24) is 14.5 Å². The Morgan fingerprint density at radius 1 is 0.971 bits per heavy atom. The molecule has 3 aromatic rings. The summed E-state index contributed by atoms with van der Waals surface area (Å²) < 4.78 is 61.0. The number of piperidine rings is 1. The van der Waals surface area contributed by atoms with Crippen LogP contribution in [0.25, 0.3) is 11.5 Å². The Morgan fingerprint density at radius 3 is 2.14 bits per heavy atom. The average molecular weight is 521 g/mol. The zero-order valence-corrected chi connectivity index (χ0v) is 20.7. The SMILES string of the molecule is COc1ccc(-c2nnc(NC(=O)C3CCN(S(=O)(=O)c4ccc(S(C)(=O)=O)cc4)CC3)o2)cc1. The van der Waals surface area contributed by atoms with Crippen LogP contribution >= 0.6 is 0 Å². The van der Waals surface area contributed by atoms with E-state index in [1.807, 2.05) is 0 Å². The topological polar surface area (TPSA) is 149 Å². The van der Waals surface area contributed by atoms with Gasteiger partial charge >= 0.3 is 6.01 Å². The summed E-state index contributed by atoms with van der Waals surface area (Å²) in [7, 11) is -5.67. The third kappa shape index (κ3) is 5.52. The molecule has 0 radical (unpaired) electrons. The number of anilines is 1. The van der Waals surface area contributed by atoms with Crippen molar-refractivity contribution < 1.29 is 30.8 Å². The Balaban J connectivity index is 1.35. The quantitative estimate of drug-likeness (QED) is 0.495. The average Bonchev–Trinajstić information content (AvgIpc) is 3.32. The standard InChI is InChI=1S/C22H24N4O7S2/c1-32-17-5-3-16(4-6-17)21-24-25-22(33-21)23-20(27)15-11-13-26(14-12-15)35(30,31)19-9-7-18(8-10-19)34(2,28)29/h3-10,15H,11-14H2,1-2H3,(H,23,25,27). The van der Waals surface area contributed by atoms with E-state index in [9.17, 15) is 21.6 Å². The predicted molar refractivity (Wildman–Crippen MR) is 126 cm³/mol. The van der Waals surface area contributed by atoms with Gasteiger partial charge in [-0.05, 0) is 61.4 Å². The van der Waals surface area contributed by atoms with Gasteiger partial charge in [-0.15, -0.1) is 5.10 Å². The molecule has 2 aromatic carbocycles. The van der Waals surface area contributed by atoms with E-state index in [0.717, 1.165) is 6.26 Å². The lowest BCUT2D eigenvalue weighted by Crippen LogP contribution is -2.41. The minimum absolute atomic E-state index is 0.00437. The van der Waals surface area contributed by atoms with Gasteiger partial charge in [-0.25, -0.2) is 16.8 Å². The van der Waals surface area contributed by atoms with E-state index in [1.165, 1.54) is 28.6 Å². The number of nitrogens with zero attached hydrogens (tertiary/aromatic N) is 3. The lowest BCUT2D eigenvalue weighted by atomic mass is 9.97. The van der Waals surface area contributed by atoms with Crippen LogP contribution in [0.3, 0.4) is 0 Å². The highest BCUT2D eigenvalue weighted by Crippen LogP contribution is 2.27. The minimum atomic E-state index is -3.81. The van der Waals surface area contributed by atoms with Crippen LogP contribution in [-0.2, 0) is 24.7 Å². The van der Waals surface area contributed by atoms with Crippen LogP contribution in [0.4, 0.5) is 6.01 Å². The predicted octanol–water partition coefficient (Wildman–Crippen LogP) is 2.19. The van der Waals surface area contributed by atoms with Crippen LogP contribution in [-0.4, -0.2) is 63.7 Å². The lowest BCUT2D eigenvalue weighted by molar-refractivity contribution is -0.121. The number of methoxy groups -OCH3 is 1. The Bertz CT molecular complexity index is 1410. The number of sulfone groups is 1. The first-order valence-corrected chi connectivity index (χ1v) is 14.0. The van der Waals surface area contributed by atoms with Gasteiger partial charge in [-0.3, -0.25) is 10.1 Å². The second kappa shape index (κ2) is 9.76. The Kier molecular flexibility index (Phi) is 6.92. The van der Waals surface area contributed by atoms with Crippen molar-refractivity contribution in [3.63, 3.8) is 0 Å². The number of benzene rings is 2. The number of carbonyl (C=O) groups is 1. The van der Waals surface area contributed by atoms with Gasteiger partial charge in [0.1, 0.15) is 5.75 Å². The molecule has 2 heterocycles. The van der Waals surface area contributed by atoms with Crippen LogP contribution in [0.5, 0.6) is 5.75 Å². The summed E-state index contributed by atoms with van der Waals surface area (Å²) in [5, 5.41) is 10.4. The number of aromatic nitrogens is 2. The van der Waals surface area contributed by atoms with E-state index in [2.05, 4.69) is 15.5 Å². The van der Waals surface area contributed by atoms with Crippen LogP contribution in [0.1, 0.15) is 12.8 Å². The Labute approximate surface area is 203 Å². The van der Waals surface area contributed by atoms with Crippen molar-refractivity contribution in [2.45, 2.75) is 22.6 Å². The van der Waals surface area contributed by atoms with E-state index in [-0.39, 0.29) is 40.7 Å². The largest absolute Gasteiger partial charge is 0.497 e. The maximum Gasteiger partial charge on any atom is 0.322 e.